The second kappa shape index (κ2) is 8.38. The maximum atomic E-state index is 5.60. The molecule has 3 rings (SSSR count). The number of nitrogens with one attached hydrogen (secondary N) is 3. The second-order valence-corrected chi connectivity index (χ2v) is 5.32. The molecule has 0 amide bonds. The van der Waals surface area contributed by atoms with E-state index in [4.69, 9.17) is 4.74 Å². The number of benzene rings is 1. The number of fused-ring (bicyclic) bond motifs is 1. The van der Waals surface area contributed by atoms with Crippen molar-refractivity contribution in [2.45, 2.75) is 25.5 Å². The first-order valence-electron chi connectivity index (χ1n) is 7.48. The van der Waals surface area contributed by atoms with E-state index < -0.39 is 0 Å². The van der Waals surface area contributed by atoms with Gasteiger partial charge in [0.2, 0.25) is 0 Å². The van der Waals surface area contributed by atoms with E-state index in [1.807, 2.05) is 6.07 Å². The fourth-order valence-corrected chi connectivity index (χ4v) is 2.64. The number of hydrogen-bond acceptors (Lipinski definition) is 2. The lowest BCUT2D eigenvalue weighted by molar-refractivity contribution is 0.114. The van der Waals surface area contributed by atoms with E-state index >= 15 is 0 Å². The summed E-state index contributed by atoms with van der Waals surface area (Å²) in [6, 6.07) is 10.5. The predicted molar refractivity (Wildman–Crippen MR) is 101 cm³/mol. The van der Waals surface area contributed by atoms with Crippen molar-refractivity contribution in [3.8, 4) is 0 Å². The van der Waals surface area contributed by atoms with Gasteiger partial charge in [0.25, 0.3) is 0 Å². The number of ether oxygens (including phenoxy) is 1. The van der Waals surface area contributed by atoms with Crippen molar-refractivity contribution in [3.63, 3.8) is 0 Å². The van der Waals surface area contributed by atoms with Crippen LogP contribution < -0.4 is 10.6 Å². The molecule has 1 aliphatic heterocycles. The first kappa shape index (κ1) is 17.1. The van der Waals surface area contributed by atoms with Gasteiger partial charge < -0.3 is 20.4 Å². The molecule has 0 radical (unpaired) electrons. The fraction of sp³-hybridized carbons (Fsp3) is 0.438. The predicted octanol–water partition coefficient (Wildman–Crippen LogP) is 2.63. The van der Waals surface area contributed by atoms with Gasteiger partial charge in [0.15, 0.2) is 5.96 Å². The molecule has 0 aliphatic carbocycles. The largest absolute Gasteiger partial charge is 0.376 e. The molecule has 120 valence electrons. The van der Waals surface area contributed by atoms with E-state index in [0.717, 1.165) is 49.7 Å². The van der Waals surface area contributed by atoms with E-state index in [1.54, 1.807) is 7.05 Å². The Morgan fingerprint density at radius 2 is 2.23 bits per heavy atom. The third-order valence-electron chi connectivity index (χ3n) is 3.78. The zero-order chi connectivity index (χ0) is 14.5. The fourth-order valence-electron chi connectivity index (χ4n) is 2.64. The van der Waals surface area contributed by atoms with Crippen LogP contribution in [0.15, 0.2) is 35.3 Å². The zero-order valence-corrected chi connectivity index (χ0v) is 15.1. The van der Waals surface area contributed by atoms with Crippen molar-refractivity contribution in [2.24, 2.45) is 4.99 Å². The van der Waals surface area contributed by atoms with Crippen molar-refractivity contribution in [3.05, 3.63) is 36.0 Å². The average molecular weight is 414 g/mol. The van der Waals surface area contributed by atoms with Crippen LogP contribution in [-0.4, -0.2) is 37.2 Å². The number of aliphatic imine (C=N–C) groups is 1. The molecule has 2 heterocycles. The number of para-hydroxylation sites is 1. The normalized spacial score (nSPS) is 18.2. The summed E-state index contributed by atoms with van der Waals surface area (Å²) in [5.74, 6) is 0.809. The summed E-state index contributed by atoms with van der Waals surface area (Å²) in [7, 11) is 1.79. The molecule has 22 heavy (non-hydrogen) atoms. The second-order valence-electron chi connectivity index (χ2n) is 5.32. The Hall–Kier alpha value is -1.28. The van der Waals surface area contributed by atoms with Gasteiger partial charge in [-0.25, -0.2) is 0 Å². The lowest BCUT2D eigenvalue weighted by Crippen LogP contribution is -2.40. The van der Waals surface area contributed by atoms with Gasteiger partial charge >= 0.3 is 0 Å². The van der Waals surface area contributed by atoms with E-state index in [1.165, 1.54) is 5.39 Å². The van der Waals surface area contributed by atoms with Crippen LogP contribution in [0, 0.1) is 0 Å². The highest BCUT2D eigenvalue weighted by molar-refractivity contribution is 14.0. The van der Waals surface area contributed by atoms with Crippen LogP contribution in [0.4, 0.5) is 0 Å². The Kier molecular flexibility index (Phi) is 6.50. The monoisotopic (exact) mass is 414 g/mol. The minimum absolute atomic E-state index is 0. The van der Waals surface area contributed by atoms with Crippen LogP contribution in [-0.2, 0) is 11.3 Å². The molecule has 0 bridgehead atoms. The molecule has 1 aromatic carbocycles. The van der Waals surface area contributed by atoms with Crippen LogP contribution >= 0.6 is 24.0 Å². The van der Waals surface area contributed by atoms with E-state index in [2.05, 4.69) is 44.9 Å². The number of guanidine groups is 1. The Morgan fingerprint density at radius 3 is 2.95 bits per heavy atom. The maximum absolute atomic E-state index is 5.60. The molecule has 1 saturated heterocycles. The zero-order valence-electron chi connectivity index (χ0n) is 12.8. The van der Waals surface area contributed by atoms with Gasteiger partial charge in [-0.05, 0) is 30.4 Å². The number of nitrogens with zero attached hydrogens (tertiary/aromatic N) is 1. The van der Waals surface area contributed by atoms with Crippen LogP contribution in [0.25, 0.3) is 10.9 Å². The third kappa shape index (κ3) is 4.36. The lowest BCUT2D eigenvalue weighted by atomic mass is 10.2. The van der Waals surface area contributed by atoms with E-state index in [9.17, 15) is 0 Å². The highest BCUT2D eigenvalue weighted by atomic mass is 127. The molecule has 2 aromatic rings. The molecule has 5 nitrogen and oxygen atoms in total. The number of aromatic nitrogens is 1. The van der Waals surface area contributed by atoms with E-state index in [-0.39, 0.29) is 24.0 Å². The van der Waals surface area contributed by atoms with Gasteiger partial charge in [-0.15, -0.1) is 24.0 Å². The molecule has 3 N–H and O–H groups in total. The Bertz CT molecular complexity index is 586. The van der Waals surface area contributed by atoms with Gasteiger partial charge in [0.05, 0.1) is 12.6 Å². The summed E-state index contributed by atoms with van der Waals surface area (Å²) in [6.07, 6.45) is 2.61. The molecule has 1 atom stereocenters. The molecular formula is C16H23IN4O. The van der Waals surface area contributed by atoms with Crippen LogP contribution in [0.5, 0.6) is 0 Å². The quantitative estimate of drug-likeness (QED) is 0.410. The Morgan fingerprint density at radius 1 is 1.36 bits per heavy atom. The number of hydrogen-bond donors (Lipinski definition) is 3. The minimum Gasteiger partial charge on any atom is -0.376 e. The number of aromatic amines is 1. The Labute approximate surface area is 147 Å². The van der Waals surface area contributed by atoms with Gasteiger partial charge in [0, 0.05) is 31.4 Å². The molecular weight excluding hydrogens is 391 g/mol. The molecule has 6 heteroatoms. The minimum atomic E-state index is 0. The summed E-state index contributed by atoms with van der Waals surface area (Å²) >= 11 is 0. The number of H-pyrrole nitrogens is 1. The van der Waals surface area contributed by atoms with Crippen molar-refractivity contribution < 1.29 is 4.74 Å². The van der Waals surface area contributed by atoms with E-state index in [0.29, 0.717) is 6.10 Å². The maximum Gasteiger partial charge on any atom is 0.191 e. The lowest BCUT2D eigenvalue weighted by Gasteiger charge is -2.14. The SMILES string of the molecule is CN=C(NCc1cc2ccccc2[nH]1)NCC1CCCO1.I. The topological polar surface area (TPSA) is 61.4 Å². The van der Waals surface area contributed by atoms with Gasteiger partial charge in [-0.1, -0.05) is 18.2 Å². The van der Waals surface area contributed by atoms with Gasteiger partial charge in [0.1, 0.15) is 0 Å². The molecule has 1 aromatic heterocycles. The van der Waals surface area contributed by atoms with Crippen molar-refractivity contribution >= 4 is 40.8 Å². The van der Waals surface area contributed by atoms with Crippen LogP contribution in [0.2, 0.25) is 0 Å². The first-order chi connectivity index (χ1) is 10.3. The molecule has 1 fully saturated rings. The smallest absolute Gasteiger partial charge is 0.191 e. The molecule has 1 unspecified atom stereocenters. The van der Waals surface area contributed by atoms with Crippen molar-refractivity contribution in [1.82, 2.24) is 15.6 Å². The van der Waals surface area contributed by atoms with Crippen molar-refractivity contribution in [1.29, 1.82) is 0 Å². The summed E-state index contributed by atoms with van der Waals surface area (Å²) in [6.45, 7) is 2.42. The summed E-state index contributed by atoms with van der Waals surface area (Å²) < 4.78 is 5.60. The molecule has 1 aliphatic rings. The third-order valence-corrected chi connectivity index (χ3v) is 3.78. The number of halogens is 1. The van der Waals surface area contributed by atoms with Crippen molar-refractivity contribution in [2.75, 3.05) is 20.2 Å². The van der Waals surface area contributed by atoms with Gasteiger partial charge in [-0.3, -0.25) is 4.99 Å². The highest BCUT2D eigenvalue weighted by Crippen LogP contribution is 2.14. The summed E-state index contributed by atoms with van der Waals surface area (Å²) in [5, 5.41) is 7.87. The van der Waals surface area contributed by atoms with Gasteiger partial charge in [-0.2, -0.15) is 0 Å². The van der Waals surface area contributed by atoms with Crippen LogP contribution in [0.1, 0.15) is 18.5 Å². The average Bonchev–Trinajstić information content (AvgIpc) is 3.16. The molecule has 0 spiro atoms. The Balaban J connectivity index is 0.00000176. The summed E-state index contributed by atoms with van der Waals surface area (Å²) in [5.41, 5.74) is 2.31. The number of rotatable bonds is 4. The summed E-state index contributed by atoms with van der Waals surface area (Å²) in [4.78, 5) is 7.65. The first-order valence-corrected chi connectivity index (χ1v) is 7.48. The molecule has 0 saturated carbocycles. The standard InChI is InChI=1S/C16H22N4O.HI/c1-17-16(19-11-14-6-4-8-21-14)18-10-13-9-12-5-2-3-7-15(12)20-13;/h2-3,5,7,9,14,20H,4,6,8,10-11H2,1H3,(H2,17,18,19);1H. The van der Waals surface area contributed by atoms with Crippen LogP contribution in [0.3, 0.4) is 0 Å². The highest BCUT2D eigenvalue weighted by Gasteiger charge is 2.15.